The van der Waals surface area contributed by atoms with E-state index in [-0.39, 0.29) is 24.1 Å². The highest BCUT2D eigenvalue weighted by molar-refractivity contribution is 9.10. The van der Waals surface area contributed by atoms with Crippen molar-refractivity contribution in [3.63, 3.8) is 0 Å². The molecule has 156 valence electrons. The van der Waals surface area contributed by atoms with E-state index in [1.165, 1.54) is 23.5 Å². The number of thiazole rings is 1. The molecule has 0 radical (unpaired) electrons. The molecule has 1 aromatic heterocycles. The molecule has 3 rings (SSSR count). The van der Waals surface area contributed by atoms with E-state index in [1.54, 1.807) is 17.5 Å². The number of anilines is 1. The normalized spacial score (nSPS) is 10.8. The van der Waals surface area contributed by atoms with Gasteiger partial charge in [-0.15, -0.1) is 11.3 Å². The van der Waals surface area contributed by atoms with Crippen LogP contribution < -0.4 is 10.1 Å². The Bertz CT molecular complexity index is 1100. The molecule has 30 heavy (non-hydrogen) atoms. The van der Waals surface area contributed by atoms with Gasteiger partial charge in [0, 0.05) is 27.5 Å². The second-order valence-electron chi connectivity index (χ2n) is 6.98. The minimum atomic E-state index is -0.453. The Kier molecular flexibility index (Phi) is 6.84. The van der Waals surface area contributed by atoms with Crippen LogP contribution in [0.3, 0.4) is 0 Å². The summed E-state index contributed by atoms with van der Waals surface area (Å²) in [6.07, 6.45) is 0. The van der Waals surface area contributed by atoms with Gasteiger partial charge in [-0.1, -0.05) is 41.9 Å². The van der Waals surface area contributed by atoms with Gasteiger partial charge in [0.25, 0.3) is 11.6 Å². The van der Waals surface area contributed by atoms with Crippen molar-refractivity contribution in [2.24, 2.45) is 0 Å². The Morgan fingerprint density at radius 1 is 1.33 bits per heavy atom. The minimum Gasteiger partial charge on any atom is -0.483 e. The molecule has 0 atom stereocenters. The second kappa shape index (κ2) is 9.36. The molecule has 0 bridgehead atoms. The number of aryl methyl sites for hydroxylation is 1. The van der Waals surface area contributed by atoms with Gasteiger partial charge in [-0.3, -0.25) is 20.2 Å². The van der Waals surface area contributed by atoms with Crippen LogP contribution in [-0.4, -0.2) is 22.4 Å². The van der Waals surface area contributed by atoms with Gasteiger partial charge in [-0.25, -0.2) is 4.98 Å². The predicted octanol–water partition coefficient (Wildman–Crippen LogP) is 5.93. The van der Waals surface area contributed by atoms with Gasteiger partial charge in [0.2, 0.25) is 0 Å². The van der Waals surface area contributed by atoms with Crippen LogP contribution in [-0.2, 0) is 4.79 Å². The number of carbonyl (C=O) groups excluding carboxylic acids is 1. The topological polar surface area (TPSA) is 94.4 Å². The third-order valence-electron chi connectivity index (χ3n) is 4.38. The van der Waals surface area contributed by atoms with Crippen LogP contribution in [0.4, 0.5) is 10.8 Å². The fourth-order valence-electron chi connectivity index (χ4n) is 2.79. The van der Waals surface area contributed by atoms with E-state index in [2.05, 4.69) is 40.1 Å². The van der Waals surface area contributed by atoms with Gasteiger partial charge >= 0.3 is 0 Å². The quantitative estimate of drug-likeness (QED) is 0.327. The zero-order valence-corrected chi connectivity index (χ0v) is 19.0. The highest BCUT2D eigenvalue weighted by Gasteiger charge is 2.14. The van der Waals surface area contributed by atoms with E-state index in [1.807, 2.05) is 19.1 Å². The lowest BCUT2D eigenvalue weighted by Crippen LogP contribution is -2.20. The number of hydrogen-bond acceptors (Lipinski definition) is 6. The fraction of sp³-hybridized carbons (Fsp3) is 0.238. The summed E-state index contributed by atoms with van der Waals surface area (Å²) < 4.78 is 6.77. The number of nitrogens with zero attached hydrogens (tertiary/aromatic N) is 2. The zero-order valence-electron chi connectivity index (χ0n) is 16.6. The number of halogens is 1. The second-order valence-corrected chi connectivity index (χ2v) is 8.69. The molecule has 2 aromatic carbocycles. The molecular weight excluding hydrogens is 470 g/mol. The summed E-state index contributed by atoms with van der Waals surface area (Å²) >= 11 is 4.77. The summed E-state index contributed by atoms with van der Waals surface area (Å²) in [5.41, 5.74) is 3.21. The summed E-state index contributed by atoms with van der Waals surface area (Å²) in [6.45, 7) is 5.95. The maximum absolute atomic E-state index is 12.3. The van der Waals surface area contributed by atoms with Gasteiger partial charge in [0.1, 0.15) is 5.75 Å². The summed E-state index contributed by atoms with van der Waals surface area (Å²) in [7, 11) is 0. The number of nitro benzene ring substituents is 1. The third-order valence-corrected chi connectivity index (χ3v) is 5.99. The first kappa shape index (κ1) is 21.9. The zero-order chi connectivity index (χ0) is 21.8. The number of rotatable bonds is 7. The maximum Gasteiger partial charge on any atom is 0.270 e. The number of carbonyl (C=O) groups is 1. The van der Waals surface area contributed by atoms with Crippen LogP contribution >= 0.6 is 27.3 Å². The van der Waals surface area contributed by atoms with Gasteiger partial charge in [-0.2, -0.15) is 0 Å². The van der Waals surface area contributed by atoms with Crippen molar-refractivity contribution in [2.45, 2.75) is 26.7 Å². The van der Waals surface area contributed by atoms with E-state index < -0.39 is 4.92 Å². The molecule has 0 aliphatic heterocycles. The van der Waals surface area contributed by atoms with Crippen LogP contribution in [0, 0.1) is 17.0 Å². The lowest BCUT2D eigenvalue weighted by atomic mass is 10.0. The maximum atomic E-state index is 12.3. The molecule has 1 N–H and O–H groups in total. The molecule has 3 aromatic rings. The molecule has 9 heteroatoms. The number of nitro groups is 1. The summed E-state index contributed by atoms with van der Waals surface area (Å²) in [4.78, 5) is 27.2. The van der Waals surface area contributed by atoms with Crippen LogP contribution in [0.2, 0.25) is 0 Å². The van der Waals surface area contributed by atoms with Crippen molar-refractivity contribution in [1.82, 2.24) is 4.98 Å². The van der Waals surface area contributed by atoms with Crippen LogP contribution in [0.1, 0.15) is 30.9 Å². The summed E-state index contributed by atoms with van der Waals surface area (Å²) in [5, 5.41) is 15.8. The summed E-state index contributed by atoms with van der Waals surface area (Å²) in [5.74, 6) is 0.596. The number of amides is 1. The van der Waals surface area contributed by atoms with E-state index in [4.69, 9.17) is 4.74 Å². The molecule has 0 aliphatic rings. The Labute approximate surface area is 186 Å². The molecule has 7 nitrogen and oxygen atoms in total. The number of benzene rings is 2. The first-order valence-corrected chi connectivity index (χ1v) is 10.8. The largest absolute Gasteiger partial charge is 0.483 e. The number of nitrogens with one attached hydrogen (secondary N) is 1. The Hall–Kier alpha value is -2.78. The van der Waals surface area contributed by atoms with Crippen LogP contribution in [0.15, 0.2) is 46.3 Å². The molecule has 1 amide bonds. The number of hydrogen-bond donors (Lipinski definition) is 1. The van der Waals surface area contributed by atoms with Gasteiger partial charge in [-0.05, 0) is 36.1 Å². The molecule has 0 saturated heterocycles. The number of ether oxygens (including phenoxy) is 1. The van der Waals surface area contributed by atoms with E-state index in [0.717, 1.165) is 15.6 Å². The fourth-order valence-corrected chi connectivity index (χ4v) is 3.88. The molecule has 0 spiro atoms. The molecule has 0 fully saturated rings. The molecule has 1 heterocycles. The van der Waals surface area contributed by atoms with Gasteiger partial charge in [0.05, 0.1) is 10.6 Å². The van der Waals surface area contributed by atoms with Crippen molar-refractivity contribution in [1.29, 1.82) is 0 Å². The first-order valence-electron chi connectivity index (χ1n) is 9.17. The SMILES string of the molecule is Cc1cc(OCC(=O)Nc2nc(-c3cccc([N+](=O)[O-])c3)cs2)c(C(C)C)cc1Br. The third kappa shape index (κ3) is 5.22. The number of aromatic nitrogens is 1. The van der Waals surface area contributed by atoms with E-state index in [0.29, 0.717) is 22.1 Å². The Morgan fingerprint density at radius 2 is 2.10 bits per heavy atom. The molecule has 0 unspecified atom stereocenters. The van der Waals surface area contributed by atoms with Gasteiger partial charge in [0.15, 0.2) is 11.7 Å². The van der Waals surface area contributed by atoms with Crippen molar-refractivity contribution in [2.75, 3.05) is 11.9 Å². The first-order chi connectivity index (χ1) is 14.2. The lowest BCUT2D eigenvalue weighted by Gasteiger charge is -2.15. The summed E-state index contributed by atoms with van der Waals surface area (Å²) in [6, 6.07) is 10.1. The smallest absolute Gasteiger partial charge is 0.270 e. The predicted molar refractivity (Wildman–Crippen MR) is 121 cm³/mol. The highest BCUT2D eigenvalue weighted by atomic mass is 79.9. The van der Waals surface area contributed by atoms with Crippen LogP contribution in [0.5, 0.6) is 5.75 Å². The van der Waals surface area contributed by atoms with Crippen molar-refractivity contribution in [3.8, 4) is 17.0 Å². The van der Waals surface area contributed by atoms with Crippen molar-refractivity contribution >= 4 is 44.0 Å². The Morgan fingerprint density at radius 3 is 2.80 bits per heavy atom. The molecule has 0 saturated carbocycles. The highest BCUT2D eigenvalue weighted by Crippen LogP contribution is 2.32. The minimum absolute atomic E-state index is 0.00904. The van der Waals surface area contributed by atoms with Crippen molar-refractivity contribution < 1.29 is 14.5 Å². The lowest BCUT2D eigenvalue weighted by molar-refractivity contribution is -0.384. The monoisotopic (exact) mass is 489 g/mol. The Balaban J connectivity index is 1.66. The van der Waals surface area contributed by atoms with E-state index >= 15 is 0 Å². The van der Waals surface area contributed by atoms with Crippen molar-refractivity contribution in [3.05, 3.63) is 67.5 Å². The molecular formula is C21H20BrN3O4S. The molecule has 0 aliphatic carbocycles. The van der Waals surface area contributed by atoms with Gasteiger partial charge < -0.3 is 4.74 Å². The average molecular weight is 490 g/mol. The van der Waals surface area contributed by atoms with E-state index in [9.17, 15) is 14.9 Å². The van der Waals surface area contributed by atoms with Crippen LogP contribution in [0.25, 0.3) is 11.3 Å². The number of non-ortho nitro benzene ring substituents is 1. The average Bonchev–Trinajstić information content (AvgIpc) is 3.17. The standard InChI is InChI=1S/C21H20BrN3O4S/c1-12(2)16-9-17(22)13(3)7-19(16)29-10-20(26)24-21-23-18(11-30-21)14-5-4-6-15(8-14)25(27)28/h4-9,11-12H,10H2,1-3H3,(H,23,24,26).